The number of carbonyl (C=O) groups excluding carboxylic acids is 1. The van der Waals surface area contributed by atoms with Crippen LogP contribution in [0.4, 0.5) is 5.69 Å². The number of thiazole rings is 1. The lowest BCUT2D eigenvalue weighted by Gasteiger charge is -2.06. The Kier molecular flexibility index (Phi) is 7.02. The molecular formula is C19H16ClN3O3S2. The number of nitro groups is 1. The topological polar surface area (TPSA) is 85.1 Å². The molecule has 1 heterocycles. The van der Waals surface area contributed by atoms with E-state index in [0.29, 0.717) is 6.54 Å². The number of hydrogen-bond donors (Lipinski definition) is 1. The minimum absolute atomic E-state index is 0.107. The number of thioether (sulfide) groups is 1. The zero-order valence-corrected chi connectivity index (χ0v) is 17.0. The Morgan fingerprint density at radius 2 is 2.04 bits per heavy atom. The monoisotopic (exact) mass is 433 g/mol. The molecule has 0 radical (unpaired) electrons. The molecule has 3 rings (SSSR count). The highest BCUT2D eigenvalue weighted by atomic mass is 35.5. The highest BCUT2D eigenvalue weighted by molar-refractivity contribution is 8.01. The fraction of sp³-hybridized carbons (Fsp3) is 0.158. The normalized spacial score (nSPS) is 10.6. The van der Waals surface area contributed by atoms with Crippen molar-refractivity contribution in [3.8, 4) is 11.3 Å². The average molecular weight is 434 g/mol. The van der Waals surface area contributed by atoms with E-state index in [9.17, 15) is 14.9 Å². The molecule has 28 heavy (non-hydrogen) atoms. The van der Waals surface area contributed by atoms with Gasteiger partial charge in [-0.15, -0.1) is 11.3 Å². The van der Waals surface area contributed by atoms with Crippen molar-refractivity contribution in [2.75, 3.05) is 12.3 Å². The van der Waals surface area contributed by atoms with Gasteiger partial charge in [-0.1, -0.05) is 53.7 Å². The number of rotatable bonds is 8. The molecule has 0 aliphatic carbocycles. The van der Waals surface area contributed by atoms with Crippen LogP contribution in [0, 0.1) is 10.1 Å². The van der Waals surface area contributed by atoms with Crippen LogP contribution >= 0.6 is 34.7 Å². The largest absolute Gasteiger partial charge is 0.352 e. The number of aromatic nitrogens is 1. The van der Waals surface area contributed by atoms with Gasteiger partial charge in [0.2, 0.25) is 0 Å². The minimum Gasteiger partial charge on any atom is -0.352 e. The van der Waals surface area contributed by atoms with Gasteiger partial charge in [-0.2, -0.15) is 0 Å². The second-order valence-electron chi connectivity index (χ2n) is 5.74. The number of amides is 1. The van der Waals surface area contributed by atoms with Gasteiger partial charge in [-0.25, -0.2) is 4.98 Å². The Hall–Kier alpha value is -2.42. The third-order valence-corrected chi connectivity index (χ3v) is 6.23. The summed E-state index contributed by atoms with van der Waals surface area (Å²) in [4.78, 5) is 27.1. The summed E-state index contributed by atoms with van der Waals surface area (Å²) >= 11 is 9.20. The quantitative estimate of drug-likeness (QED) is 0.226. The van der Waals surface area contributed by atoms with E-state index in [4.69, 9.17) is 11.6 Å². The van der Waals surface area contributed by atoms with Crippen LogP contribution in [-0.4, -0.2) is 28.1 Å². The summed E-state index contributed by atoms with van der Waals surface area (Å²) in [5.41, 5.74) is 1.99. The molecule has 1 aromatic heterocycles. The summed E-state index contributed by atoms with van der Waals surface area (Å²) in [6.07, 6.45) is 0.739. The second kappa shape index (κ2) is 9.68. The molecule has 3 aromatic rings. The zero-order valence-electron chi connectivity index (χ0n) is 14.6. The molecule has 144 valence electrons. The van der Waals surface area contributed by atoms with Crippen LogP contribution in [0.1, 0.15) is 16.8 Å². The first kappa shape index (κ1) is 20.3. The first-order chi connectivity index (χ1) is 13.5. The van der Waals surface area contributed by atoms with Crippen LogP contribution in [0.25, 0.3) is 11.3 Å². The van der Waals surface area contributed by atoms with Crippen molar-refractivity contribution >= 4 is 46.3 Å². The van der Waals surface area contributed by atoms with E-state index < -0.39 is 10.8 Å². The lowest BCUT2D eigenvalue weighted by Crippen LogP contribution is -2.25. The van der Waals surface area contributed by atoms with E-state index in [2.05, 4.69) is 10.3 Å². The van der Waals surface area contributed by atoms with Crippen LogP contribution in [0.3, 0.4) is 0 Å². The molecule has 0 aliphatic heterocycles. The number of nitrogens with one attached hydrogen (secondary N) is 1. The van der Waals surface area contributed by atoms with Crippen molar-refractivity contribution in [1.82, 2.24) is 10.3 Å². The third kappa shape index (κ3) is 5.31. The molecule has 1 amide bonds. The molecule has 0 unspecified atom stereocenters. The predicted octanol–water partition coefficient (Wildman–Crippen LogP) is 5.28. The van der Waals surface area contributed by atoms with Crippen LogP contribution in [0.5, 0.6) is 0 Å². The van der Waals surface area contributed by atoms with E-state index in [0.717, 1.165) is 27.8 Å². The van der Waals surface area contributed by atoms with Gasteiger partial charge in [-0.05, 0) is 12.5 Å². The van der Waals surface area contributed by atoms with Crippen molar-refractivity contribution in [3.05, 3.63) is 74.6 Å². The maximum Gasteiger partial charge on any atom is 0.270 e. The Bertz CT molecular complexity index is 980. The van der Waals surface area contributed by atoms with Crippen LogP contribution in [-0.2, 0) is 0 Å². The summed E-state index contributed by atoms with van der Waals surface area (Å²) in [5, 5.41) is 15.8. The fourth-order valence-electron chi connectivity index (χ4n) is 2.39. The average Bonchev–Trinajstić information content (AvgIpc) is 3.17. The van der Waals surface area contributed by atoms with Crippen LogP contribution < -0.4 is 5.32 Å². The van der Waals surface area contributed by atoms with E-state index in [1.54, 1.807) is 23.1 Å². The Morgan fingerprint density at radius 3 is 2.79 bits per heavy atom. The predicted molar refractivity (Wildman–Crippen MR) is 113 cm³/mol. The highest BCUT2D eigenvalue weighted by Crippen LogP contribution is 2.28. The molecular weight excluding hydrogens is 418 g/mol. The summed E-state index contributed by atoms with van der Waals surface area (Å²) in [7, 11) is 0. The molecule has 0 fully saturated rings. The van der Waals surface area contributed by atoms with Crippen LogP contribution in [0.2, 0.25) is 5.02 Å². The lowest BCUT2D eigenvalue weighted by atomic mass is 10.2. The Labute approximate surface area is 175 Å². The molecule has 0 bridgehead atoms. The van der Waals surface area contributed by atoms with Crippen molar-refractivity contribution in [2.45, 2.75) is 10.8 Å². The summed E-state index contributed by atoms with van der Waals surface area (Å²) < 4.78 is 0.979. The number of nitro benzene ring substituents is 1. The SMILES string of the molecule is O=C(NCCCSc1nc(-c2ccccc2)cs1)c1cc([N+](=O)[O-])ccc1Cl. The first-order valence-corrected chi connectivity index (χ1v) is 10.6. The van der Waals surface area contributed by atoms with Gasteiger partial charge in [0, 0.05) is 35.4 Å². The molecule has 2 aromatic carbocycles. The number of benzene rings is 2. The van der Waals surface area contributed by atoms with Gasteiger partial charge in [0.1, 0.15) is 0 Å². The smallest absolute Gasteiger partial charge is 0.270 e. The van der Waals surface area contributed by atoms with E-state index >= 15 is 0 Å². The number of non-ortho nitro benzene ring substituents is 1. The van der Waals surface area contributed by atoms with Gasteiger partial charge in [0.15, 0.2) is 4.34 Å². The van der Waals surface area contributed by atoms with Crippen molar-refractivity contribution in [2.24, 2.45) is 0 Å². The second-order valence-corrected chi connectivity index (χ2v) is 8.35. The lowest BCUT2D eigenvalue weighted by molar-refractivity contribution is -0.384. The summed E-state index contributed by atoms with van der Waals surface area (Å²) in [6, 6.07) is 13.8. The molecule has 9 heteroatoms. The molecule has 1 N–H and O–H groups in total. The standard InChI is InChI=1S/C19H16ClN3O3S2/c20-16-8-7-14(23(25)26)11-15(16)18(24)21-9-4-10-27-19-22-17(12-28-19)13-5-2-1-3-6-13/h1-3,5-8,11-12H,4,9-10H2,(H,21,24). The maximum atomic E-state index is 12.2. The zero-order chi connectivity index (χ0) is 19.9. The van der Waals surface area contributed by atoms with Crippen molar-refractivity contribution in [1.29, 1.82) is 0 Å². The van der Waals surface area contributed by atoms with Crippen LogP contribution in [0.15, 0.2) is 58.3 Å². The van der Waals surface area contributed by atoms with Gasteiger partial charge < -0.3 is 5.32 Å². The van der Waals surface area contributed by atoms with E-state index in [-0.39, 0.29) is 16.3 Å². The highest BCUT2D eigenvalue weighted by Gasteiger charge is 2.15. The first-order valence-electron chi connectivity index (χ1n) is 8.40. The van der Waals surface area contributed by atoms with Gasteiger partial charge in [0.25, 0.3) is 11.6 Å². The van der Waals surface area contributed by atoms with Gasteiger partial charge >= 0.3 is 0 Å². The number of halogens is 1. The van der Waals surface area contributed by atoms with E-state index in [1.807, 2.05) is 35.7 Å². The molecule has 0 aliphatic rings. The molecule has 0 saturated carbocycles. The number of hydrogen-bond acceptors (Lipinski definition) is 6. The Morgan fingerprint density at radius 1 is 1.25 bits per heavy atom. The van der Waals surface area contributed by atoms with Crippen molar-refractivity contribution in [3.63, 3.8) is 0 Å². The van der Waals surface area contributed by atoms with Gasteiger partial charge in [-0.3, -0.25) is 14.9 Å². The summed E-state index contributed by atoms with van der Waals surface area (Å²) in [5.74, 6) is 0.379. The van der Waals surface area contributed by atoms with Gasteiger partial charge in [0.05, 0.1) is 21.2 Å². The fourth-order valence-corrected chi connectivity index (χ4v) is 4.44. The third-order valence-electron chi connectivity index (χ3n) is 3.79. The molecule has 0 saturated heterocycles. The number of carbonyl (C=O) groups is 1. The molecule has 6 nitrogen and oxygen atoms in total. The number of nitrogens with zero attached hydrogens (tertiary/aromatic N) is 2. The van der Waals surface area contributed by atoms with E-state index in [1.165, 1.54) is 18.2 Å². The molecule has 0 atom stereocenters. The summed E-state index contributed by atoms with van der Waals surface area (Å²) in [6.45, 7) is 0.446. The molecule has 0 spiro atoms. The maximum absolute atomic E-state index is 12.2. The minimum atomic E-state index is -0.554. The Balaban J connectivity index is 1.45. The van der Waals surface area contributed by atoms with Crippen molar-refractivity contribution < 1.29 is 9.72 Å².